The zero-order chi connectivity index (χ0) is 14.4. The van der Waals surface area contributed by atoms with Crippen LogP contribution < -0.4 is 10.6 Å². The average molecular weight is 350 g/mol. The first-order valence-corrected chi connectivity index (χ1v) is 6.86. The fourth-order valence-electron chi connectivity index (χ4n) is 1.46. The number of carboxylic acid groups (broad SMARTS) is 1. The van der Waals surface area contributed by atoms with Crippen LogP contribution in [-0.4, -0.2) is 23.1 Å². The van der Waals surface area contributed by atoms with Crippen molar-refractivity contribution in [1.82, 2.24) is 5.32 Å². The monoisotopic (exact) mass is 348 g/mol. The summed E-state index contributed by atoms with van der Waals surface area (Å²) in [5.41, 5.74) is 0.477. The van der Waals surface area contributed by atoms with Gasteiger partial charge in [0.25, 0.3) is 0 Å². The molecule has 1 aromatic carbocycles. The third kappa shape index (κ3) is 5.08. The lowest BCUT2D eigenvalue weighted by molar-refractivity contribution is -0.139. The number of nitrogens with one attached hydrogen (secondary N) is 2. The van der Waals surface area contributed by atoms with Crippen molar-refractivity contribution >= 4 is 45.2 Å². The maximum absolute atomic E-state index is 11.7. The smallest absolute Gasteiger partial charge is 0.326 e. The van der Waals surface area contributed by atoms with Crippen molar-refractivity contribution in [3.8, 4) is 0 Å². The molecular weight excluding hydrogens is 336 g/mol. The number of carbonyl (C=O) groups is 2. The molecule has 0 saturated heterocycles. The summed E-state index contributed by atoms with van der Waals surface area (Å²) in [6, 6.07) is 3.46. The van der Waals surface area contributed by atoms with Gasteiger partial charge in [0.1, 0.15) is 6.04 Å². The summed E-state index contributed by atoms with van der Waals surface area (Å²) in [5.74, 6) is -1.05. The molecule has 0 spiro atoms. The van der Waals surface area contributed by atoms with E-state index in [1.54, 1.807) is 18.2 Å². The molecule has 0 aliphatic rings. The Morgan fingerprint density at radius 1 is 1.47 bits per heavy atom. The Kier molecular flexibility index (Phi) is 6.11. The van der Waals surface area contributed by atoms with Crippen LogP contribution in [0.4, 0.5) is 10.5 Å². The van der Waals surface area contributed by atoms with Crippen LogP contribution in [0.25, 0.3) is 0 Å². The third-order valence-corrected chi connectivity index (χ3v) is 3.28. The molecule has 2 amide bonds. The number of benzene rings is 1. The molecule has 0 aliphatic heterocycles. The number of hydrogen-bond acceptors (Lipinski definition) is 2. The molecule has 3 N–H and O–H groups in total. The fraction of sp³-hybridized carbons (Fsp3) is 0.333. The minimum Gasteiger partial charge on any atom is -0.480 e. The molecule has 0 aliphatic carbocycles. The van der Waals surface area contributed by atoms with Gasteiger partial charge in [0.2, 0.25) is 0 Å². The zero-order valence-electron chi connectivity index (χ0n) is 10.2. The Bertz CT molecular complexity index is 482. The Balaban J connectivity index is 2.68. The Morgan fingerprint density at radius 3 is 2.74 bits per heavy atom. The number of amides is 2. The van der Waals surface area contributed by atoms with Crippen LogP contribution in [0.3, 0.4) is 0 Å². The molecule has 1 aromatic rings. The topological polar surface area (TPSA) is 78.4 Å². The number of rotatable bonds is 5. The van der Waals surface area contributed by atoms with E-state index in [2.05, 4.69) is 26.6 Å². The van der Waals surface area contributed by atoms with Gasteiger partial charge in [-0.25, -0.2) is 9.59 Å². The van der Waals surface area contributed by atoms with Crippen molar-refractivity contribution in [2.24, 2.45) is 0 Å². The van der Waals surface area contributed by atoms with E-state index < -0.39 is 18.0 Å². The van der Waals surface area contributed by atoms with Gasteiger partial charge in [-0.3, -0.25) is 0 Å². The van der Waals surface area contributed by atoms with Crippen LogP contribution >= 0.6 is 27.5 Å². The van der Waals surface area contributed by atoms with Gasteiger partial charge in [-0.15, -0.1) is 0 Å². The lowest BCUT2D eigenvalue weighted by Gasteiger charge is -2.15. The summed E-state index contributed by atoms with van der Waals surface area (Å²) in [6.07, 6.45) is 1.04. The minimum absolute atomic E-state index is 0.374. The molecule has 0 unspecified atom stereocenters. The summed E-state index contributed by atoms with van der Waals surface area (Å²) in [5, 5.41) is 14.4. The second-order valence-corrected chi connectivity index (χ2v) is 5.19. The molecule has 0 fully saturated rings. The van der Waals surface area contributed by atoms with Crippen molar-refractivity contribution in [1.29, 1.82) is 0 Å². The highest BCUT2D eigenvalue weighted by Gasteiger charge is 2.19. The molecule has 0 aromatic heterocycles. The maximum Gasteiger partial charge on any atom is 0.326 e. The lowest BCUT2D eigenvalue weighted by atomic mass is 10.2. The van der Waals surface area contributed by atoms with Crippen molar-refractivity contribution in [2.45, 2.75) is 25.8 Å². The lowest BCUT2D eigenvalue weighted by Crippen LogP contribution is -2.42. The van der Waals surface area contributed by atoms with E-state index in [4.69, 9.17) is 16.7 Å². The number of anilines is 1. The molecule has 5 nitrogen and oxygen atoms in total. The number of carboxylic acids is 1. The Morgan fingerprint density at radius 2 is 2.16 bits per heavy atom. The Hall–Kier alpha value is -1.27. The summed E-state index contributed by atoms with van der Waals surface area (Å²) >= 11 is 9.09. The third-order valence-electron chi connectivity index (χ3n) is 2.36. The summed E-state index contributed by atoms with van der Waals surface area (Å²) in [7, 11) is 0. The van der Waals surface area contributed by atoms with Gasteiger partial charge in [-0.2, -0.15) is 0 Å². The highest BCUT2D eigenvalue weighted by molar-refractivity contribution is 9.10. The second-order valence-electron chi connectivity index (χ2n) is 3.90. The molecule has 0 bridgehead atoms. The molecule has 104 valence electrons. The molecule has 0 radical (unpaired) electrons. The maximum atomic E-state index is 11.7. The number of urea groups is 1. The van der Waals surface area contributed by atoms with Crippen LogP contribution in [0.2, 0.25) is 5.02 Å². The van der Waals surface area contributed by atoms with E-state index in [9.17, 15) is 9.59 Å². The van der Waals surface area contributed by atoms with Crippen LogP contribution in [0.15, 0.2) is 22.7 Å². The number of hydrogen-bond donors (Lipinski definition) is 3. The summed E-state index contributed by atoms with van der Waals surface area (Å²) in [6.45, 7) is 1.85. The van der Waals surface area contributed by atoms with Gasteiger partial charge < -0.3 is 15.7 Å². The van der Waals surface area contributed by atoms with E-state index in [0.717, 1.165) is 0 Å². The highest BCUT2D eigenvalue weighted by Crippen LogP contribution is 2.25. The van der Waals surface area contributed by atoms with Crippen LogP contribution in [0.5, 0.6) is 0 Å². The van der Waals surface area contributed by atoms with Crippen LogP contribution in [0, 0.1) is 0 Å². The van der Waals surface area contributed by atoms with Gasteiger partial charge in [0, 0.05) is 9.50 Å². The second kappa shape index (κ2) is 7.35. The molecule has 1 atom stereocenters. The molecule has 1 rings (SSSR count). The Labute approximate surface area is 124 Å². The van der Waals surface area contributed by atoms with Gasteiger partial charge in [-0.1, -0.05) is 24.9 Å². The molecule has 0 heterocycles. The standard InChI is InChI=1S/C12H14BrClN2O3/c1-2-3-9(11(17)18)15-12(19)16-10-6-7(14)4-5-8(10)13/h4-6,9H,2-3H2,1H3,(H,17,18)(H2,15,16,19)/t9-/m1/s1. The first kappa shape index (κ1) is 15.8. The summed E-state index contributed by atoms with van der Waals surface area (Å²) < 4.78 is 0.661. The van der Waals surface area contributed by atoms with E-state index in [1.165, 1.54) is 0 Å². The van der Waals surface area contributed by atoms with E-state index in [1.807, 2.05) is 6.92 Å². The SMILES string of the molecule is CCC[C@@H](NC(=O)Nc1cc(Cl)ccc1Br)C(=O)O. The molecule has 19 heavy (non-hydrogen) atoms. The first-order valence-electron chi connectivity index (χ1n) is 5.69. The van der Waals surface area contributed by atoms with Gasteiger partial charge in [0.05, 0.1) is 5.69 Å². The normalized spacial score (nSPS) is 11.7. The van der Waals surface area contributed by atoms with Crippen molar-refractivity contribution in [3.05, 3.63) is 27.7 Å². The largest absolute Gasteiger partial charge is 0.480 e. The average Bonchev–Trinajstić information content (AvgIpc) is 2.33. The predicted molar refractivity (Wildman–Crippen MR) is 77.6 cm³/mol. The number of halogens is 2. The van der Waals surface area contributed by atoms with Gasteiger partial charge >= 0.3 is 12.0 Å². The molecular formula is C12H14BrClN2O3. The number of aliphatic carboxylic acids is 1. The number of carbonyl (C=O) groups excluding carboxylic acids is 1. The van der Waals surface area contributed by atoms with Crippen LogP contribution in [-0.2, 0) is 4.79 Å². The highest BCUT2D eigenvalue weighted by atomic mass is 79.9. The van der Waals surface area contributed by atoms with Crippen molar-refractivity contribution in [3.63, 3.8) is 0 Å². The molecule has 7 heteroatoms. The van der Waals surface area contributed by atoms with E-state index in [0.29, 0.717) is 28.0 Å². The quantitative estimate of drug-likeness (QED) is 0.761. The van der Waals surface area contributed by atoms with Crippen molar-refractivity contribution < 1.29 is 14.7 Å². The van der Waals surface area contributed by atoms with Crippen molar-refractivity contribution in [2.75, 3.05) is 5.32 Å². The molecule has 0 saturated carbocycles. The van der Waals surface area contributed by atoms with Gasteiger partial charge in [0.15, 0.2) is 0 Å². The first-order chi connectivity index (χ1) is 8.93. The van der Waals surface area contributed by atoms with E-state index >= 15 is 0 Å². The minimum atomic E-state index is -1.05. The zero-order valence-corrected chi connectivity index (χ0v) is 12.6. The van der Waals surface area contributed by atoms with Crippen LogP contribution in [0.1, 0.15) is 19.8 Å². The fourth-order valence-corrected chi connectivity index (χ4v) is 1.97. The van der Waals surface area contributed by atoms with E-state index in [-0.39, 0.29) is 0 Å². The van der Waals surface area contributed by atoms with Gasteiger partial charge in [-0.05, 0) is 40.5 Å². The summed E-state index contributed by atoms with van der Waals surface area (Å²) in [4.78, 5) is 22.6. The predicted octanol–water partition coefficient (Wildman–Crippen LogP) is 3.48.